The molecule has 2 rings (SSSR count). The van der Waals surface area contributed by atoms with Gasteiger partial charge in [0.25, 0.3) is 0 Å². The molecular weight excluding hydrogens is 236 g/mol. The molecule has 0 spiro atoms. The minimum Gasteiger partial charge on any atom is -0.481 e. The number of nitrogens with zero attached hydrogens (tertiary/aromatic N) is 1. The van der Waals surface area contributed by atoms with Crippen molar-refractivity contribution in [1.29, 1.82) is 0 Å². The van der Waals surface area contributed by atoms with Crippen molar-refractivity contribution in [2.24, 2.45) is 5.41 Å². The van der Waals surface area contributed by atoms with E-state index in [4.69, 9.17) is 4.74 Å². The zero-order chi connectivity index (χ0) is 13.0. The second-order valence-corrected chi connectivity index (χ2v) is 4.73. The lowest BCUT2D eigenvalue weighted by atomic mass is 9.80. The normalized spacial score (nSPS) is 21.9. The minimum atomic E-state index is -0.874. The number of amides is 2. The number of ether oxygens (including phenoxy) is 1. The lowest BCUT2D eigenvalue weighted by Crippen LogP contribution is -2.49. The molecule has 2 aliphatic heterocycles. The van der Waals surface area contributed by atoms with Crippen molar-refractivity contribution in [3.8, 4) is 0 Å². The molecule has 100 valence electrons. The summed E-state index contributed by atoms with van der Waals surface area (Å²) in [5.74, 6) is -0.856. The Hall–Kier alpha value is -1.56. The van der Waals surface area contributed by atoms with Gasteiger partial charge in [-0.3, -0.25) is 4.79 Å². The van der Waals surface area contributed by atoms with Crippen LogP contribution in [0.15, 0.2) is 12.2 Å². The first-order chi connectivity index (χ1) is 8.64. The number of carbonyl (C=O) groups is 2. The Balaban J connectivity index is 1.89. The van der Waals surface area contributed by atoms with Crippen molar-refractivity contribution in [3.05, 3.63) is 12.2 Å². The average Bonchev–Trinajstić information content (AvgIpc) is 2.91. The predicted molar refractivity (Wildman–Crippen MR) is 64.2 cm³/mol. The Morgan fingerprint density at radius 3 is 2.44 bits per heavy atom. The van der Waals surface area contributed by atoms with Gasteiger partial charge in [0, 0.05) is 32.8 Å². The molecule has 0 bridgehead atoms. The minimum absolute atomic E-state index is 0.168. The predicted octanol–water partition coefficient (Wildman–Crippen LogP) is 0.449. The summed E-state index contributed by atoms with van der Waals surface area (Å²) in [7, 11) is 0. The van der Waals surface area contributed by atoms with Crippen molar-refractivity contribution in [2.45, 2.75) is 12.8 Å². The highest BCUT2D eigenvalue weighted by molar-refractivity contribution is 5.78. The van der Waals surface area contributed by atoms with E-state index in [1.165, 1.54) is 0 Å². The smallest absolute Gasteiger partial charge is 0.317 e. The highest BCUT2D eigenvalue weighted by Gasteiger charge is 2.40. The molecule has 0 aromatic carbocycles. The Kier molecular flexibility index (Phi) is 3.86. The van der Waals surface area contributed by atoms with Crippen LogP contribution in [-0.2, 0) is 9.53 Å². The molecule has 2 N–H and O–H groups in total. The van der Waals surface area contributed by atoms with E-state index in [0.29, 0.717) is 39.1 Å². The van der Waals surface area contributed by atoms with Crippen LogP contribution in [0.3, 0.4) is 0 Å². The third-order valence-electron chi connectivity index (χ3n) is 3.59. The van der Waals surface area contributed by atoms with Gasteiger partial charge in [-0.25, -0.2) is 4.79 Å². The fourth-order valence-corrected chi connectivity index (χ4v) is 2.23. The summed E-state index contributed by atoms with van der Waals surface area (Å²) in [6.07, 6.45) is 4.73. The first kappa shape index (κ1) is 12.9. The number of carboxylic acids is 1. The SMILES string of the molecule is O=C(NCC1(C(=O)O)CCOCC1)N1CC=CC1. The fourth-order valence-electron chi connectivity index (χ4n) is 2.23. The van der Waals surface area contributed by atoms with Crippen LogP contribution in [-0.4, -0.2) is 54.9 Å². The second kappa shape index (κ2) is 5.39. The van der Waals surface area contributed by atoms with Crippen LogP contribution < -0.4 is 5.32 Å². The van der Waals surface area contributed by atoms with Crippen LogP contribution in [0.5, 0.6) is 0 Å². The quantitative estimate of drug-likeness (QED) is 0.717. The van der Waals surface area contributed by atoms with E-state index in [9.17, 15) is 14.7 Å². The van der Waals surface area contributed by atoms with Crippen molar-refractivity contribution in [3.63, 3.8) is 0 Å². The molecule has 2 heterocycles. The van der Waals surface area contributed by atoms with E-state index in [0.717, 1.165) is 0 Å². The summed E-state index contributed by atoms with van der Waals surface area (Å²) in [6, 6.07) is -0.202. The standard InChI is InChI=1S/C12H18N2O4/c15-10(16)12(3-7-18-8-4-12)9-13-11(17)14-5-1-2-6-14/h1-2H,3-9H2,(H,13,17)(H,15,16). The van der Waals surface area contributed by atoms with Gasteiger partial charge in [-0.05, 0) is 12.8 Å². The van der Waals surface area contributed by atoms with Gasteiger partial charge in [0.2, 0.25) is 0 Å². The lowest BCUT2D eigenvalue weighted by molar-refractivity contribution is -0.154. The molecule has 18 heavy (non-hydrogen) atoms. The van der Waals surface area contributed by atoms with Crippen LogP contribution in [0.25, 0.3) is 0 Å². The van der Waals surface area contributed by atoms with Gasteiger partial charge in [0.05, 0.1) is 5.41 Å². The number of aliphatic carboxylic acids is 1. The van der Waals surface area contributed by atoms with Crippen molar-refractivity contribution in [1.82, 2.24) is 10.2 Å². The van der Waals surface area contributed by atoms with Crippen LogP contribution in [0.1, 0.15) is 12.8 Å². The number of carboxylic acid groups (broad SMARTS) is 1. The van der Waals surface area contributed by atoms with Crippen LogP contribution in [0.4, 0.5) is 4.79 Å². The molecule has 0 unspecified atom stereocenters. The summed E-state index contributed by atoms with van der Waals surface area (Å²) in [6.45, 7) is 2.23. The molecule has 1 saturated heterocycles. The summed E-state index contributed by atoms with van der Waals surface area (Å²) >= 11 is 0. The van der Waals surface area contributed by atoms with E-state index in [1.54, 1.807) is 4.90 Å². The molecule has 0 aromatic heterocycles. The molecule has 0 atom stereocenters. The van der Waals surface area contributed by atoms with E-state index in [-0.39, 0.29) is 12.6 Å². The van der Waals surface area contributed by atoms with Gasteiger partial charge in [-0.1, -0.05) is 12.2 Å². The number of hydrogen-bond donors (Lipinski definition) is 2. The van der Waals surface area contributed by atoms with Gasteiger partial charge in [0.1, 0.15) is 0 Å². The first-order valence-corrected chi connectivity index (χ1v) is 6.13. The molecule has 1 fully saturated rings. The molecule has 6 heteroatoms. The van der Waals surface area contributed by atoms with Crippen LogP contribution in [0, 0.1) is 5.41 Å². The van der Waals surface area contributed by atoms with E-state index >= 15 is 0 Å². The zero-order valence-corrected chi connectivity index (χ0v) is 10.2. The Morgan fingerprint density at radius 1 is 1.28 bits per heavy atom. The number of rotatable bonds is 3. The topological polar surface area (TPSA) is 78.9 Å². The zero-order valence-electron chi connectivity index (χ0n) is 10.2. The number of carbonyl (C=O) groups excluding carboxylic acids is 1. The van der Waals surface area contributed by atoms with E-state index < -0.39 is 11.4 Å². The third kappa shape index (κ3) is 2.64. The Bertz CT molecular complexity index is 353. The fraction of sp³-hybridized carbons (Fsp3) is 0.667. The van der Waals surface area contributed by atoms with Crippen LogP contribution >= 0.6 is 0 Å². The Labute approximate surface area is 106 Å². The molecule has 0 saturated carbocycles. The summed E-state index contributed by atoms with van der Waals surface area (Å²) < 4.78 is 5.19. The number of urea groups is 1. The molecular formula is C12H18N2O4. The van der Waals surface area contributed by atoms with Gasteiger partial charge < -0.3 is 20.1 Å². The summed E-state index contributed by atoms with van der Waals surface area (Å²) in [5, 5.41) is 12.1. The first-order valence-electron chi connectivity index (χ1n) is 6.13. The molecule has 0 aliphatic carbocycles. The maximum Gasteiger partial charge on any atom is 0.317 e. The summed E-state index contributed by atoms with van der Waals surface area (Å²) in [4.78, 5) is 24.8. The summed E-state index contributed by atoms with van der Waals surface area (Å²) in [5.41, 5.74) is -0.874. The average molecular weight is 254 g/mol. The number of nitrogens with one attached hydrogen (secondary N) is 1. The largest absolute Gasteiger partial charge is 0.481 e. The monoisotopic (exact) mass is 254 g/mol. The van der Waals surface area contributed by atoms with Crippen molar-refractivity contribution < 1.29 is 19.4 Å². The molecule has 0 radical (unpaired) electrons. The van der Waals surface area contributed by atoms with Gasteiger partial charge in [-0.15, -0.1) is 0 Å². The molecule has 2 aliphatic rings. The van der Waals surface area contributed by atoms with Gasteiger partial charge >= 0.3 is 12.0 Å². The van der Waals surface area contributed by atoms with Gasteiger partial charge in [0.15, 0.2) is 0 Å². The highest BCUT2D eigenvalue weighted by atomic mass is 16.5. The lowest BCUT2D eigenvalue weighted by Gasteiger charge is -2.33. The molecule has 6 nitrogen and oxygen atoms in total. The molecule has 0 aromatic rings. The number of hydrogen-bond acceptors (Lipinski definition) is 3. The van der Waals surface area contributed by atoms with Crippen LogP contribution in [0.2, 0.25) is 0 Å². The molecule has 2 amide bonds. The highest BCUT2D eigenvalue weighted by Crippen LogP contribution is 2.30. The van der Waals surface area contributed by atoms with E-state index in [2.05, 4.69) is 5.32 Å². The second-order valence-electron chi connectivity index (χ2n) is 4.73. The van der Waals surface area contributed by atoms with Crippen molar-refractivity contribution >= 4 is 12.0 Å². The third-order valence-corrected chi connectivity index (χ3v) is 3.59. The van der Waals surface area contributed by atoms with Gasteiger partial charge in [-0.2, -0.15) is 0 Å². The van der Waals surface area contributed by atoms with Crippen molar-refractivity contribution in [2.75, 3.05) is 32.8 Å². The Morgan fingerprint density at radius 2 is 1.89 bits per heavy atom. The maximum atomic E-state index is 11.8. The van der Waals surface area contributed by atoms with E-state index in [1.807, 2.05) is 12.2 Å². The maximum absolute atomic E-state index is 11.8.